The van der Waals surface area contributed by atoms with Crippen molar-refractivity contribution in [2.24, 2.45) is 0 Å². The Morgan fingerprint density at radius 3 is 1.50 bits per heavy atom. The number of aromatic nitrogens is 1. The van der Waals surface area contributed by atoms with Gasteiger partial charge >= 0.3 is 0 Å². The molecule has 2 aromatic heterocycles. The predicted octanol–water partition coefficient (Wildman–Crippen LogP) is 17.8. The van der Waals surface area contributed by atoms with Crippen molar-refractivity contribution in [3.05, 3.63) is 277 Å². The summed E-state index contributed by atoms with van der Waals surface area (Å²) in [5.41, 5.74) is 23.1. The molecule has 3 heteroatoms. The van der Waals surface area contributed by atoms with E-state index in [1.807, 2.05) is 0 Å². The molecule has 1 spiro atoms. The molecular weight excluding hydrogens is 849 g/mol. The van der Waals surface area contributed by atoms with E-state index in [9.17, 15) is 0 Å². The van der Waals surface area contributed by atoms with Crippen LogP contribution in [0.2, 0.25) is 0 Å². The van der Waals surface area contributed by atoms with Gasteiger partial charge in [0, 0.05) is 44.3 Å². The highest BCUT2D eigenvalue weighted by Gasteiger charge is 2.52. The van der Waals surface area contributed by atoms with Crippen molar-refractivity contribution in [3.8, 4) is 50.2 Å². The van der Waals surface area contributed by atoms with Crippen LogP contribution in [0.4, 0.5) is 17.1 Å². The maximum Gasteiger partial charge on any atom is 0.136 e. The Labute approximate surface area is 405 Å². The summed E-state index contributed by atoms with van der Waals surface area (Å²) in [6.07, 6.45) is 0. The van der Waals surface area contributed by atoms with Crippen LogP contribution in [-0.4, -0.2) is 4.57 Å². The maximum atomic E-state index is 6.55. The van der Waals surface area contributed by atoms with E-state index in [4.69, 9.17) is 4.42 Å². The molecule has 0 amide bonds. The van der Waals surface area contributed by atoms with Crippen molar-refractivity contribution >= 4 is 60.8 Å². The second kappa shape index (κ2) is 14.9. The number of anilines is 3. The highest BCUT2D eigenvalue weighted by molar-refractivity contribution is 6.16. The highest BCUT2D eigenvalue weighted by Crippen LogP contribution is 2.65. The number of rotatable bonds is 6. The van der Waals surface area contributed by atoms with Gasteiger partial charge in [-0.2, -0.15) is 0 Å². The van der Waals surface area contributed by atoms with Crippen molar-refractivity contribution in [1.82, 2.24) is 4.57 Å². The van der Waals surface area contributed by atoms with Crippen LogP contribution in [0.5, 0.6) is 0 Å². The third kappa shape index (κ3) is 5.46. The molecule has 0 bridgehead atoms. The number of furan rings is 1. The molecule has 3 nitrogen and oxygen atoms in total. The van der Waals surface area contributed by atoms with Crippen molar-refractivity contribution in [3.63, 3.8) is 0 Å². The molecule has 11 aromatic carbocycles. The molecule has 0 N–H and O–H groups in total. The monoisotopic (exact) mass is 890 g/mol. The van der Waals surface area contributed by atoms with Crippen LogP contribution in [0.3, 0.4) is 0 Å². The lowest BCUT2D eigenvalue weighted by molar-refractivity contribution is 0.668. The van der Waals surface area contributed by atoms with E-state index in [2.05, 4.69) is 264 Å². The first-order valence-electron chi connectivity index (χ1n) is 24.2. The lowest BCUT2D eigenvalue weighted by atomic mass is 9.70. The first kappa shape index (κ1) is 38.9. The van der Waals surface area contributed by atoms with Gasteiger partial charge < -0.3 is 13.9 Å². The summed E-state index contributed by atoms with van der Waals surface area (Å²) in [4.78, 5) is 2.43. The Hall–Kier alpha value is -9.18. The molecule has 0 aliphatic heterocycles. The van der Waals surface area contributed by atoms with E-state index in [1.54, 1.807) is 0 Å². The van der Waals surface area contributed by atoms with Gasteiger partial charge in [-0.1, -0.05) is 182 Å². The lowest BCUT2D eigenvalue weighted by Gasteiger charge is -2.32. The fourth-order valence-corrected chi connectivity index (χ4v) is 12.3. The minimum Gasteiger partial charge on any atom is -0.456 e. The zero-order valence-corrected chi connectivity index (χ0v) is 38.1. The highest BCUT2D eigenvalue weighted by atomic mass is 16.3. The van der Waals surface area contributed by atoms with Gasteiger partial charge in [0.15, 0.2) is 0 Å². The first-order chi connectivity index (χ1) is 34.7. The van der Waals surface area contributed by atoms with Crippen molar-refractivity contribution in [2.45, 2.75) is 5.41 Å². The molecule has 0 saturated carbocycles. The molecule has 2 aliphatic rings. The Balaban J connectivity index is 0.886. The third-order valence-electron chi connectivity index (χ3n) is 15.2. The fourth-order valence-electron chi connectivity index (χ4n) is 12.3. The molecule has 1 atom stereocenters. The minimum atomic E-state index is -0.543. The second-order valence-corrected chi connectivity index (χ2v) is 18.7. The van der Waals surface area contributed by atoms with E-state index in [0.717, 1.165) is 44.9 Å². The summed E-state index contributed by atoms with van der Waals surface area (Å²) < 4.78 is 8.92. The Kier molecular flexibility index (Phi) is 8.28. The second-order valence-electron chi connectivity index (χ2n) is 18.7. The van der Waals surface area contributed by atoms with Crippen LogP contribution in [0.1, 0.15) is 22.3 Å². The molecule has 2 heterocycles. The number of nitrogens with zero attached hydrogens (tertiary/aromatic N) is 2. The Morgan fingerprint density at radius 2 is 0.829 bits per heavy atom. The summed E-state index contributed by atoms with van der Waals surface area (Å²) in [6, 6.07) is 93.4. The van der Waals surface area contributed by atoms with Gasteiger partial charge in [-0.25, -0.2) is 0 Å². The third-order valence-corrected chi connectivity index (χ3v) is 15.2. The van der Waals surface area contributed by atoms with Gasteiger partial charge in [-0.3, -0.25) is 0 Å². The predicted molar refractivity (Wildman–Crippen MR) is 290 cm³/mol. The van der Waals surface area contributed by atoms with E-state index in [1.165, 1.54) is 88.4 Å². The van der Waals surface area contributed by atoms with Crippen LogP contribution in [0.25, 0.3) is 93.9 Å². The smallest absolute Gasteiger partial charge is 0.136 e. The molecule has 13 aromatic rings. The average Bonchev–Trinajstić information content (AvgIpc) is 4.16. The maximum absolute atomic E-state index is 6.55. The number of para-hydroxylation sites is 3. The van der Waals surface area contributed by atoms with Gasteiger partial charge in [0.1, 0.15) is 11.2 Å². The van der Waals surface area contributed by atoms with Crippen LogP contribution in [-0.2, 0) is 5.41 Å². The summed E-state index contributed by atoms with van der Waals surface area (Å²) in [6.45, 7) is 0. The fraction of sp³-hybridized carbons (Fsp3) is 0.0149. The molecule has 0 fully saturated rings. The zero-order valence-electron chi connectivity index (χ0n) is 38.1. The average molecular weight is 891 g/mol. The molecular formula is C67H42N2O. The molecule has 326 valence electrons. The number of benzene rings is 11. The standard InChI is InChI=1S/C67H42N2O/c1-2-14-43(15-3-1)44-26-32-47(33-27-44)68(48-34-28-45(29-35-48)46-30-36-49(37-31-46)69-61-23-11-6-17-53(61)54-18-7-12-24-62(54)69)50-38-39-52-51-16-4-9-21-57(51)67(60(52)42-50)58-22-10-5-19-55(58)65-59(67)40-41-64-66(65)56-20-8-13-25-63(56)70-64/h1-42H. The van der Waals surface area contributed by atoms with Gasteiger partial charge in [-0.15, -0.1) is 0 Å². The normalized spacial score (nSPS) is 14.3. The summed E-state index contributed by atoms with van der Waals surface area (Å²) in [7, 11) is 0. The Morgan fingerprint density at radius 1 is 0.329 bits per heavy atom. The van der Waals surface area contributed by atoms with E-state index < -0.39 is 5.41 Å². The summed E-state index contributed by atoms with van der Waals surface area (Å²) in [5.74, 6) is 0. The van der Waals surface area contributed by atoms with E-state index in [0.29, 0.717) is 0 Å². The molecule has 2 aliphatic carbocycles. The van der Waals surface area contributed by atoms with E-state index >= 15 is 0 Å². The van der Waals surface area contributed by atoms with Gasteiger partial charge in [0.05, 0.1) is 16.4 Å². The molecule has 15 rings (SSSR count). The van der Waals surface area contributed by atoms with Crippen LogP contribution < -0.4 is 4.90 Å². The minimum absolute atomic E-state index is 0.543. The molecule has 0 saturated heterocycles. The van der Waals surface area contributed by atoms with Crippen LogP contribution in [0.15, 0.2) is 259 Å². The van der Waals surface area contributed by atoms with E-state index in [-0.39, 0.29) is 0 Å². The Bertz CT molecular complexity index is 4160. The van der Waals surface area contributed by atoms with Gasteiger partial charge in [0.25, 0.3) is 0 Å². The van der Waals surface area contributed by atoms with Gasteiger partial charge in [0.2, 0.25) is 0 Å². The quantitative estimate of drug-likeness (QED) is 0.166. The molecule has 0 radical (unpaired) electrons. The van der Waals surface area contributed by atoms with Crippen LogP contribution in [0, 0.1) is 0 Å². The summed E-state index contributed by atoms with van der Waals surface area (Å²) >= 11 is 0. The first-order valence-corrected chi connectivity index (χ1v) is 24.2. The van der Waals surface area contributed by atoms with Crippen molar-refractivity contribution in [2.75, 3.05) is 4.90 Å². The lowest BCUT2D eigenvalue weighted by Crippen LogP contribution is -2.26. The largest absolute Gasteiger partial charge is 0.456 e. The number of hydrogen-bond acceptors (Lipinski definition) is 2. The number of fused-ring (bicyclic) bond motifs is 17. The topological polar surface area (TPSA) is 21.3 Å². The molecule has 1 unspecified atom stereocenters. The SMILES string of the molecule is c1ccc(-c2ccc(N(c3ccc(-c4ccc(-n5c6ccccc6c6ccccc65)cc4)cc3)c3ccc4c(c3)C3(c5ccccc5-4)c4ccccc4-c4c3ccc3oc5ccccc5c43)cc2)cc1. The van der Waals surface area contributed by atoms with Crippen molar-refractivity contribution < 1.29 is 4.42 Å². The molecule has 70 heavy (non-hydrogen) atoms. The zero-order chi connectivity index (χ0) is 45.9. The van der Waals surface area contributed by atoms with Gasteiger partial charge in [-0.05, 0) is 140 Å². The summed E-state index contributed by atoms with van der Waals surface area (Å²) in [5, 5.41) is 4.86. The number of hydrogen-bond donors (Lipinski definition) is 0. The van der Waals surface area contributed by atoms with Crippen molar-refractivity contribution in [1.29, 1.82) is 0 Å². The van der Waals surface area contributed by atoms with Crippen LogP contribution >= 0.6 is 0 Å².